The molecule has 0 aliphatic heterocycles. The van der Waals surface area contributed by atoms with Crippen molar-refractivity contribution < 1.29 is 69.5 Å². The van der Waals surface area contributed by atoms with Crippen molar-refractivity contribution in [2.24, 2.45) is 0 Å². The largest absolute Gasteiger partial charge is 1.00 e. The molecule has 0 aliphatic rings. The van der Waals surface area contributed by atoms with E-state index in [1.54, 1.807) is 24.3 Å². The molecule has 1 heterocycles. The van der Waals surface area contributed by atoms with Crippen LogP contribution in [0.4, 0.5) is 0 Å². The first-order chi connectivity index (χ1) is 8.97. The third kappa shape index (κ3) is 2.73. The third-order valence-electron chi connectivity index (χ3n) is 2.70. The van der Waals surface area contributed by atoms with Crippen LogP contribution in [0.1, 0.15) is 0 Å². The van der Waals surface area contributed by atoms with Gasteiger partial charge in [-0.1, -0.05) is 12.1 Å². The first-order valence-corrected chi connectivity index (χ1v) is 6.77. The molecule has 1 aromatic heterocycles. The zero-order valence-electron chi connectivity index (χ0n) is 10.5. The summed E-state index contributed by atoms with van der Waals surface area (Å²) >= 11 is 0. The molecule has 3 aromatic rings. The minimum absolute atomic E-state index is 0. The van der Waals surface area contributed by atoms with Gasteiger partial charge in [-0.15, -0.1) is 0 Å². The van der Waals surface area contributed by atoms with Crippen LogP contribution in [0, 0.1) is 0 Å². The van der Waals surface area contributed by atoms with Crippen LogP contribution in [0.15, 0.2) is 41.3 Å². The van der Waals surface area contributed by atoms with E-state index in [0.717, 1.165) is 6.07 Å². The second-order valence-corrected chi connectivity index (χ2v) is 5.33. The predicted molar refractivity (Wildman–Crippen MR) is 68.5 cm³/mol. The molecule has 6 nitrogen and oxygen atoms in total. The van der Waals surface area contributed by atoms with Crippen LogP contribution in [0.5, 0.6) is 5.75 Å². The molecule has 3 rings (SSSR count). The van der Waals surface area contributed by atoms with E-state index in [4.69, 9.17) is 0 Å². The van der Waals surface area contributed by atoms with Gasteiger partial charge in [-0.05, 0) is 24.3 Å². The predicted octanol–water partition coefficient (Wildman–Crippen LogP) is -1.26. The van der Waals surface area contributed by atoms with Crippen molar-refractivity contribution in [3.63, 3.8) is 0 Å². The Hall–Kier alpha value is -0.614. The Morgan fingerprint density at radius 2 is 1.50 bits per heavy atom. The van der Waals surface area contributed by atoms with Crippen molar-refractivity contribution >= 4 is 32.2 Å². The van der Waals surface area contributed by atoms with Crippen molar-refractivity contribution in [2.45, 2.75) is 4.90 Å². The van der Waals surface area contributed by atoms with Gasteiger partial charge in [-0.2, -0.15) is 8.42 Å². The maximum Gasteiger partial charge on any atom is 1.00 e. The molecule has 0 spiro atoms. The summed E-state index contributed by atoms with van der Waals surface area (Å²) < 4.78 is 31.8. The van der Waals surface area contributed by atoms with E-state index in [9.17, 15) is 18.1 Å². The Kier molecular flexibility index (Phi) is 4.45. The van der Waals surface area contributed by atoms with Gasteiger partial charge < -0.3 is 5.11 Å². The summed E-state index contributed by atoms with van der Waals surface area (Å²) in [5.41, 5.74) is 1.30. The van der Waals surface area contributed by atoms with Crippen LogP contribution >= 0.6 is 0 Å². The summed E-state index contributed by atoms with van der Waals surface area (Å²) in [6.45, 7) is 0. The molecule has 0 atom stereocenters. The standard InChI is InChI=1S/C12H8N2O4S.K/c15-10-6-5-9-11(12(10)19(16,17)18)14-8-4-2-1-3-7(8)13-9;/h1-6,15H,(H,16,17,18);/q;+1. The van der Waals surface area contributed by atoms with Crippen LogP contribution in [0.25, 0.3) is 22.1 Å². The zero-order valence-corrected chi connectivity index (χ0v) is 14.4. The molecule has 2 aromatic carbocycles. The first-order valence-electron chi connectivity index (χ1n) is 5.33. The second-order valence-electron chi connectivity index (χ2n) is 3.97. The molecular weight excluding hydrogens is 307 g/mol. The number of hydrogen-bond donors (Lipinski definition) is 2. The van der Waals surface area contributed by atoms with Gasteiger partial charge in [0.05, 0.1) is 16.6 Å². The SMILES string of the molecule is O=S(=O)(O)c1c(O)ccc2nc3ccccc3nc12.[K+]. The van der Waals surface area contributed by atoms with Crippen LogP contribution in [0.3, 0.4) is 0 Å². The number of benzene rings is 2. The molecular formula is C12H8KN2O4S+. The Morgan fingerprint density at radius 1 is 0.900 bits per heavy atom. The number of phenols is 1. The van der Waals surface area contributed by atoms with Gasteiger partial charge in [0.1, 0.15) is 11.3 Å². The van der Waals surface area contributed by atoms with E-state index in [2.05, 4.69) is 9.97 Å². The van der Waals surface area contributed by atoms with Crippen molar-refractivity contribution in [1.29, 1.82) is 0 Å². The first kappa shape index (κ1) is 15.8. The quantitative estimate of drug-likeness (QED) is 0.330. The number of nitrogens with zero attached hydrogens (tertiary/aromatic N) is 2. The van der Waals surface area contributed by atoms with Gasteiger partial charge in [0.2, 0.25) is 0 Å². The van der Waals surface area contributed by atoms with Crippen molar-refractivity contribution in [3.05, 3.63) is 36.4 Å². The van der Waals surface area contributed by atoms with E-state index in [1.165, 1.54) is 6.07 Å². The molecule has 96 valence electrons. The number of rotatable bonds is 1. The monoisotopic (exact) mass is 315 g/mol. The molecule has 0 radical (unpaired) electrons. The number of phenolic OH excluding ortho intramolecular Hbond substituents is 1. The second kappa shape index (κ2) is 5.64. The summed E-state index contributed by atoms with van der Waals surface area (Å²) in [7, 11) is -4.58. The summed E-state index contributed by atoms with van der Waals surface area (Å²) in [6.07, 6.45) is 0. The maximum absolute atomic E-state index is 11.3. The fourth-order valence-corrected chi connectivity index (χ4v) is 2.63. The van der Waals surface area contributed by atoms with Crippen LogP contribution in [-0.2, 0) is 10.1 Å². The molecule has 0 bridgehead atoms. The van der Waals surface area contributed by atoms with Crippen LogP contribution in [0.2, 0.25) is 0 Å². The minimum Gasteiger partial charge on any atom is -0.506 e. The molecule has 0 aliphatic carbocycles. The number of hydrogen-bond acceptors (Lipinski definition) is 5. The van der Waals surface area contributed by atoms with Crippen molar-refractivity contribution in [3.8, 4) is 5.75 Å². The van der Waals surface area contributed by atoms with E-state index < -0.39 is 20.8 Å². The van der Waals surface area contributed by atoms with Gasteiger partial charge in [0.25, 0.3) is 10.1 Å². The molecule has 0 saturated heterocycles. The zero-order chi connectivity index (χ0) is 13.6. The minimum atomic E-state index is -4.58. The molecule has 2 N–H and O–H groups in total. The third-order valence-corrected chi connectivity index (χ3v) is 3.62. The molecule has 0 saturated carbocycles. The van der Waals surface area contributed by atoms with Crippen LogP contribution < -0.4 is 51.4 Å². The summed E-state index contributed by atoms with van der Waals surface area (Å²) in [5.74, 6) is -0.556. The average Bonchev–Trinajstić information content (AvgIpc) is 2.34. The smallest absolute Gasteiger partial charge is 0.506 e. The molecule has 8 heteroatoms. The Balaban J connectivity index is 0.00000147. The Labute approximate surface area is 157 Å². The van der Waals surface area contributed by atoms with Gasteiger partial charge in [-0.3, -0.25) is 4.55 Å². The van der Waals surface area contributed by atoms with E-state index >= 15 is 0 Å². The van der Waals surface area contributed by atoms with Crippen LogP contribution in [-0.4, -0.2) is 28.0 Å². The number of fused-ring (bicyclic) bond motifs is 2. The average molecular weight is 315 g/mol. The Morgan fingerprint density at radius 3 is 2.10 bits per heavy atom. The van der Waals surface area contributed by atoms with E-state index in [0.29, 0.717) is 11.0 Å². The molecule has 0 amide bonds. The normalized spacial score (nSPS) is 11.4. The number of aromatic nitrogens is 2. The molecule has 20 heavy (non-hydrogen) atoms. The van der Waals surface area contributed by atoms with E-state index in [1.807, 2.05) is 0 Å². The molecule has 0 unspecified atom stereocenters. The number of aromatic hydroxyl groups is 1. The fraction of sp³-hybridized carbons (Fsp3) is 0. The topological polar surface area (TPSA) is 100 Å². The van der Waals surface area contributed by atoms with Gasteiger partial charge >= 0.3 is 51.4 Å². The summed E-state index contributed by atoms with van der Waals surface area (Å²) in [4.78, 5) is 7.77. The summed E-state index contributed by atoms with van der Waals surface area (Å²) in [6, 6.07) is 9.53. The van der Waals surface area contributed by atoms with Gasteiger partial charge in [0.15, 0.2) is 4.90 Å². The maximum atomic E-state index is 11.3. The fourth-order valence-electron chi connectivity index (χ4n) is 1.91. The Bertz CT molecular complexity index is 912. The van der Waals surface area contributed by atoms with Gasteiger partial charge in [-0.25, -0.2) is 9.97 Å². The van der Waals surface area contributed by atoms with Crippen molar-refractivity contribution in [1.82, 2.24) is 9.97 Å². The van der Waals surface area contributed by atoms with Gasteiger partial charge in [0, 0.05) is 0 Å². The molecule has 0 fully saturated rings. The van der Waals surface area contributed by atoms with Crippen molar-refractivity contribution in [2.75, 3.05) is 0 Å². The number of para-hydroxylation sites is 2. The van der Waals surface area contributed by atoms with E-state index in [-0.39, 0.29) is 62.4 Å². The summed E-state index contributed by atoms with van der Waals surface area (Å²) in [5, 5.41) is 9.61.